The molecule has 0 bridgehead atoms. The van der Waals surface area contributed by atoms with E-state index in [0.29, 0.717) is 37.1 Å². The third-order valence-electron chi connectivity index (χ3n) is 6.07. The second-order valence-corrected chi connectivity index (χ2v) is 11.0. The molecule has 1 aromatic rings. The number of halogens is 1. The highest BCUT2D eigenvalue weighted by Crippen LogP contribution is 2.29. The minimum atomic E-state index is -3.42. The minimum absolute atomic E-state index is 0. The van der Waals surface area contributed by atoms with E-state index in [1.807, 2.05) is 13.1 Å². The summed E-state index contributed by atoms with van der Waals surface area (Å²) in [6, 6.07) is 3.61. The lowest BCUT2D eigenvalue weighted by atomic mass is 9.87. The molecule has 0 amide bonds. The Labute approximate surface area is 202 Å². The standard InChI is InChI=1S/C20H34N4O3S2.HI/c1-4-16(5-2)17-8-9-23(15-17)20(21-3)22-14-18-6-7-19(28-18)29(25,26)24-10-12-27-13-11-24;/h6-7,16-17H,4-5,8-15H2,1-3H3,(H,21,22);1H. The average molecular weight is 571 g/mol. The van der Waals surface area contributed by atoms with E-state index in [2.05, 4.69) is 29.1 Å². The molecule has 1 aromatic heterocycles. The van der Waals surface area contributed by atoms with Gasteiger partial charge in [0.25, 0.3) is 10.0 Å². The number of guanidine groups is 1. The molecular formula is C20H35IN4O3S2. The summed E-state index contributed by atoms with van der Waals surface area (Å²) >= 11 is 1.33. The van der Waals surface area contributed by atoms with Crippen LogP contribution in [0.15, 0.2) is 21.3 Å². The van der Waals surface area contributed by atoms with Crippen molar-refractivity contribution in [3.8, 4) is 0 Å². The van der Waals surface area contributed by atoms with Crippen LogP contribution in [0, 0.1) is 11.8 Å². The first kappa shape index (κ1) is 25.8. The van der Waals surface area contributed by atoms with Crippen molar-refractivity contribution in [2.45, 2.75) is 43.9 Å². The van der Waals surface area contributed by atoms with E-state index >= 15 is 0 Å². The molecule has 172 valence electrons. The third-order valence-corrected chi connectivity index (χ3v) is 9.52. The maximum Gasteiger partial charge on any atom is 0.252 e. The number of likely N-dealkylation sites (tertiary alicyclic amines) is 1. The zero-order valence-electron chi connectivity index (χ0n) is 18.2. The highest BCUT2D eigenvalue weighted by atomic mass is 127. The van der Waals surface area contributed by atoms with Gasteiger partial charge in [-0.25, -0.2) is 8.42 Å². The van der Waals surface area contributed by atoms with E-state index in [-0.39, 0.29) is 24.0 Å². The van der Waals surface area contributed by atoms with Gasteiger partial charge < -0.3 is 15.0 Å². The van der Waals surface area contributed by atoms with Crippen molar-refractivity contribution >= 4 is 51.3 Å². The monoisotopic (exact) mass is 570 g/mol. The molecular weight excluding hydrogens is 535 g/mol. The van der Waals surface area contributed by atoms with Crippen LogP contribution in [0.4, 0.5) is 0 Å². The Morgan fingerprint density at radius 3 is 2.60 bits per heavy atom. The summed E-state index contributed by atoms with van der Waals surface area (Å²) in [5, 5.41) is 3.43. The lowest BCUT2D eigenvalue weighted by Crippen LogP contribution is -2.40. The molecule has 0 aliphatic carbocycles. The molecule has 0 radical (unpaired) electrons. The first-order valence-corrected chi connectivity index (χ1v) is 12.9. The Hall–Kier alpha value is -0.430. The summed E-state index contributed by atoms with van der Waals surface area (Å²) in [5.41, 5.74) is 0. The van der Waals surface area contributed by atoms with Crippen molar-refractivity contribution < 1.29 is 13.2 Å². The van der Waals surface area contributed by atoms with E-state index < -0.39 is 10.0 Å². The fourth-order valence-corrected chi connectivity index (χ4v) is 7.18. The summed E-state index contributed by atoms with van der Waals surface area (Å²) in [6.07, 6.45) is 3.68. The number of ether oxygens (including phenoxy) is 1. The van der Waals surface area contributed by atoms with E-state index in [9.17, 15) is 8.42 Å². The highest BCUT2D eigenvalue weighted by molar-refractivity contribution is 14.0. The van der Waals surface area contributed by atoms with Crippen LogP contribution < -0.4 is 5.32 Å². The van der Waals surface area contributed by atoms with Crippen molar-refractivity contribution in [1.29, 1.82) is 0 Å². The van der Waals surface area contributed by atoms with Crippen LogP contribution >= 0.6 is 35.3 Å². The Kier molecular flexibility index (Phi) is 10.3. The molecule has 7 nitrogen and oxygen atoms in total. The van der Waals surface area contributed by atoms with E-state index in [0.717, 1.165) is 35.8 Å². The number of sulfonamides is 1. The van der Waals surface area contributed by atoms with Gasteiger partial charge in [0.2, 0.25) is 0 Å². The first-order valence-electron chi connectivity index (χ1n) is 10.6. The number of nitrogens with one attached hydrogen (secondary N) is 1. The number of rotatable bonds is 7. The SMILES string of the molecule is CCC(CC)C1CCN(C(=NC)NCc2ccc(S(=O)(=O)N3CCOCC3)s2)C1.I. The van der Waals surface area contributed by atoms with Gasteiger partial charge in [-0.05, 0) is 30.4 Å². The Balaban J connectivity index is 0.00000320. The summed E-state index contributed by atoms with van der Waals surface area (Å²) < 4.78 is 32.8. The van der Waals surface area contributed by atoms with Gasteiger partial charge in [0.1, 0.15) is 4.21 Å². The molecule has 2 aliphatic heterocycles. The van der Waals surface area contributed by atoms with Crippen molar-refractivity contribution in [3.05, 3.63) is 17.0 Å². The quantitative estimate of drug-likeness (QED) is 0.310. The van der Waals surface area contributed by atoms with Crippen molar-refractivity contribution in [2.75, 3.05) is 46.4 Å². The lowest BCUT2D eigenvalue weighted by Gasteiger charge is -2.25. The minimum Gasteiger partial charge on any atom is -0.379 e. The molecule has 2 aliphatic rings. The van der Waals surface area contributed by atoms with Crippen LogP contribution in [0.3, 0.4) is 0 Å². The summed E-state index contributed by atoms with van der Waals surface area (Å²) in [6.45, 7) is 9.00. The molecule has 3 heterocycles. The normalized spacial score (nSPS) is 21.1. The van der Waals surface area contributed by atoms with Crippen LogP contribution in [0.5, 0.6) is 0 Å². The maximum absolute atomic E-state index is 12.8. The maximum atomic E-state index is 12.8. The van der Waals surface area contributed by atoms with E-state index in [1.54, 1.807) is 6.07 Å². The molecule has 10 heteroatoms. The van der Waals surface area contributed by atoms with E-state index in [1.165, 1.54) is 34.9 Å². The number of hydrogen-bond acceptors (Lipinski definition) is 5. The van der Waals surface area contributed by atoms with Crippen molar-refractivity contribution in [3.63, 3.8) is 0 Å². The summed E-state index contributed by atoms with van der Waals surface area (Å²) in [4.78, 5) is 7.78. The van der Waals surface area contributed by atoms with Crippen molar-refractivity contribution in [2.24, 2.45) is 16.8 Å². The molecule has 2 saturated heterocycles. The van der Waals surface area contributed by atoms with Crippen LogP contribution in [0.2, 0.25) is 0 Å². The Morgan fingerprint density at radius 1 is 1.27 bits per heavy atom. The highest BCUT2D eigenvalue weighted by Gasteiger charge is 2.30. The summed E-state index contributed by atoms with van der Waals surface area (Å²) in [5.74, 6) is 2.42. The number of nitrogens with zero attached hydrogens (tertiary/aromatic N) is 3. The number of hydrogen-bond donors (Lipinski definition) is 1. The van der Waals surface area contributed by atoms with Crippen molar-refractivity contribution in [1.82, 2.24) is 14.5 Å². The molecule has 1 unspecified atom stereocenters. The zero-order valence-corrected chi connectivity index (χ0v) is 22.1. The predicted molar refractivity (Wildman–Crippen MR) is 133 cm³/mol. The van der Waals surface area contributed by atoms with Crippen LogP contribution in [-0.2, 0) is 21.3 Å². The molecule has 30 heavy (non-hydrogen) atoms. The Bertz CT molecular complexity index is 790. The van der Waals surface area contributed by atoms with E-state index in [4.69, 9.17) is 4.74 Å². The number of thiophene rings is 1. The van der Waals surface area contributed by atoms with Gasteiger partial charge in [0.05, 0.1) is 19.8 Å². The van der Waals surface area contributed by atoms with Gasteiger partial charge in [0.15, 0.2) is 5.96 Å². The molecule has 1 N–H and O–H groups in total. The molecule has 3 rings (SSSR count). The fraction of sp³-hybridized carbons (Fsp3) is 0.750. The molecule has 1 atom stereocenters. The zero-order chi connectivity index (χ0) is 20.9. The second-order valence-electron chi connectivity index (χ2n) is 7.71. The smallest absolute Gasteiger partial charge is 0.252 e. The average Bonchev–Trinajstić information content (AvgIpc) is 3.41. The second kappa shape index (κ2) is 12.0. The molecule has 0 aromatic carbocycles. The predicted octanol–water partition coefficient (Wildman–Crippen LogP) is 3.22. The van der Waals surface area contributed by atoms with Crippen LogP contribution in [-0.4, -0.2) is 70.0 Å². The van der Waals surface area contributed by atoms with Gasteiger partial charge in [-0.15, -0.1) is 35.3 Å². The third kappa shape index (κ3) is 6.08. The van der Waals surface area contributed by atoms with Gasteiger partial charge in [-0.3, -0.25) is 4.99 Å². The number of aliphatic imine (C=N–C) groups is 1. The van der Waals surface area contributed by atoms with Gasteiger partial charge in [0, 0.05) is 38.1 Å². The summed E-state index contributed by atoms with van der Waals surface area (Å²) in [7, 11) is -1.61. The van der Waals surface area contributed by atoms with Crippen LogP contribution in [0.1, 0.15) is 38.0 Å². The number of morpholine rings is 1. The van der Waals surface area contributed by atoms with Gasteiger partial charge in [-0.1, -0.05) is 26.7 Å². The van der Waals surface area contributed by atoms with Gasteiger partial charge >= 0.3 is 0 Å². The lowest BCUT2D eigenvalue weighted by molar-refractivity contribution is 0.0731. The van der Waals surface area contributed by atoms with Gasteiger partial charge in [-0.2, -0.15) is 4.31 Å². The Morgan fingerprint density at radius 2 is 1.97 bits per heavy atom. The molecule has 0 saturated carbocycles. The first-order chi connectivity index (χ1) is 14.0. The largest absolute Gasteiger partial charge is 0.379 e. The van der Waals surface area contributed by atoms with Crippen LogP contribution in [0.25, 0.3) is 0 Å². The topological polar surface area (TPSA) is 74.2 Å². The fourth-order valence-electron chi connectivity index (χ4n) is 4.32. The molecule has 0 spiro atoms. The molecule has 2 fully saturated rings.